The molecule has 1 heterocycles. The molecule has 1 aliphatic heterocycles. The van der Waals surface area contributed by atoms with Gasteiger partial charge < -0.3 is 0 Å². The molecule has 0 saturated carbocycles. The smallest absolute Gasteiger partial charge is 0.271 e. The first kappa shape index (κ1) is 17.5. The lowest BCUT2D eigenvalue weighted by atomic mass is 10.2. The number of carbonyl (C=O) groups excluding carboxylic acids is 1. The Morgan fingerprint density at radius 3 is 2.38 bits per heavy atom. The van der Waals surface area contributed by atoms with Gasteiger partial charge in [0.1, 0.15) is 5.25 Å². The number of nitro groups is 2. The molecule has 1 unspecified atom stereocenters. The van der Waals surface area contributed by atoms with Crippen molar-refractivity contribution in [3.8, 4) is 0 Å². The van der Waals surface area contributed by atoms with Crippen LogP contribution in [0.25, 0.3) is 0 Å². The molecule has 0 bridgehead atoms. The number of non-ortho nitro benzene ring substituents is 1. The number of hydrazone groups is 1. The zero-order valence-electron chi connectivity index (χ0n) is 13.4. The average molecular weight is 372 g/mol. The number of nitro benzene ring substituents is 2. The summed E-state index contributed by atoms with van der Waals surface area (Å²) in [5, 5.41) is 26.8. The van der Waals surface area contributed by atoms with Crippen molar-refractivity contribution in [1.82, 2.24) is 0 Å². The van der Waals surface area contributed by atoms with E-state index in [-0.39, 0.29) is 16.5 Å². The van der Waals surface area contributed by atoms with E-state index >= 15 is 0 Å². The first-order valence-electron chi connectivity index (χ1n) is 7.42. The molecule has 10 heteroatoms. The molecule has 3 rings (SSSR count). The van der Waals surface area contributed by atoms with Crippen molar-refractivity contribution in [3.63, 3.8) is 0 Å². The number of amides is 1. The van der Waals surface area contributed by atoms with Crippen LogP contribution in [0.2, 0.25) is 0 Å². The van der Waals surface area contributed by atoms with Gasteiger partial charge in [-0.3, -0.25) is 25.0 Å². The van der Waals surface area contributed by atoms with Crippen LogP contribution in [0, 0.1) is 20.2 Å². The topological polar surface area (TPSA) is 119 Å². The van der Waals surface area contributed by atoms with E-state index in [1.165, 1.54) is 17.1 Å². The van der Waals surface area contributed by atoms with Crippen molar-refractivity contribution in [3.05, 3.63) is 68.8 Å². The zero-order valence-corrected chi connectivity index (χ0v) is 14.3. The number of hydrogen-bond acceptors (Lipinski definition) is 7. The summed E-state index contributed by atoms with van der Waals surface area (Å²) in [6.07, 6.45) is 0. The van der Waals surface area contributed by atoms with Crippen LogP contribution >= 0.6 is 11.8 Å². The average Bonchev–Trinajstić information content (AvgIpc) is 2.90. The molecule has 1 aliphatic rings. The highest BCUT2D eigenvalue weighted by Crippen LogP contribution is 2.38. The fourth-order valence-electron chi connectivity index (χ4n) is 2.43. The van der Waals surface area contributed by atoms with Gasteiger partial charge in [0, 0.05) is 6.07 Å². The van der Waals surface area contributed by atoms with Gasteiger partial charge in [0.2, 0.25) is 0 Å². The number of para-hydroxylation sites is 1. The maximum Gasteiger partial charge on any atom is 0.289 e. The Morgan fingerprint density at radius 2 is 1.77 bits per heavy atom. The monoisotopic (exact) mass is 372 g/mol. The van der Waals surface area contributed by atoms with Gasteiger partial charge in [0.15, 0.2) is 0 Å². The van der Waals surface area contributed by atoms with E-state index in [1.54, 1.807) is 31.2 Å². The summed E-state index contributed by atoms with van der Waals surface area (Å²) in [5.74, 6) is -0.327. The summed E-state index contributed by atoms with van der Waals surface area (Å²) in [6, 6.07) is 12.2. The maximum absolute atomic E-state index is 12.7. The second-order valence-electron chi connectivity index (χ2n) is 5.39. The Kier molecular flexibility index (Phi) is 4.67. The summed E-state index contributed by atoms with van der Waals surface area (Å²) >= 11 is 0.955. The molecule has 0 aromatic heterocycles. The van der Waals surface area contributed by atoms with Gasteiger partial charge in [-0.25, -0.2) is 0 Å². The number of hydrogen-bond donors (Lipinski definition) is 0. The fraction of sp³-hybridized carbons (Fsp3) is 0.125. The van der Waals surface area contributed by atoms with Crippen molar-refractivity contribution in [2.45, 2.75) is 17.1 Å². The van der Waals surface area contributed by atoms with Crippen molar-refractivity contribution in [2.75, 3.05) is 5.01 Å². The largest absolute Gasteiger partial charge is 0.289 e. The zero-order chi connectivity index (χ0) is 18.8. The van der Waals surface area contributed by atoms with E-state index in [0.29, 0.717) is 11.4 Å². The minimum Gasteiger partial charge on any atom is -0.271 e. The van der Waals surface area contributed by atoms with E-state index in [4.69, 9.17) is 0 Å². The molecule has 2 aromatic carbocycles. The third kappa shape index (κ3) is 3.26. The van der Waals surface area contributed by atoms with Crippen molar-refractivity contribution in [2.24, 2.45) is 5.10 Å². The van der Waals surface area contributed by atoms with Crippen molar-refractivity contribution in [1.29, 1.82) is 0 Å². The molecular formula is C16H12N4O5S. The molecule has 9 nitrogen and oxygen atoms in total. The van der Waals surface area contributed by atoms with Gasteiger partial charge in [0.25, 0.3) is 17.3 Å². The quantitative estimate of drug-likeness (QED) is 0.586. The molecule has 0 saturated heterocycles. The van der Waals surface area contributed by atoms with Crippen LogP contribution in [0.3, 0.4) is 0 Å². The van der Waals surface area contributed by atoms with Crippen LogP contribution in [-0.4, -0.2) is 26.7 Å². The summed E-state index contributed by atoms with van der Waals surface area (Å²) in [7, 11) is 0. The summed E-state index contributed by atoms with van der Waals surface area (Å²) in [6.45, 7) is 1.66. The van der Waals surface area contributed by atoms with E-state index in [9.17, 15) is 25.0 Å². The van der Waals surface area contributed by atoms with Crippen molar-refractivity contribution >= 4 is 40.4 Å². The van der Waals surface area contributed by atoms with Crippen LogP contribution in [0.4, 0.5) is 17.1 Å². The second-order valence-corrected chi connectivity index (χ2v) is 6.54. The van der Waals surface area contributed by atoms with E-state index in [1.807, 2.05) is 6.07 Å². The highest BCUT2D eigenvalue weighted by atomic mass is 32.2. The maximum atomic E-state index is 12.7. The number of carbonyl (C=O) groups is 1. The molecule has 0 fully saturated rings. The molecule has 0 spiro atoms. The SMILES string of the molecule is CC1=NN(c2ccccc2)C(=O)C1Sc1ccc([N+](=O)[O-])cc1[N+](=O)[O-]. The van der Waals surface area contributed by atoms with Crippen LogP contribution < -0.4 is 5.01 Å². The number of benzene rings is 2. The van der Waals surface area contributed by atoms with Gasteiger partial charge in [-0.05, 0) is 25.1 Å². The first-order valence-corrected chi connectivity index (χ1v) is 8.30. The predicted octanol–water partition coefficient (Wildman–Crippen LogP) is 3.39. The third-order valence-electron chi connectivity index (χ3n) is 3.67. The van der Waals surface area contributed by atoms with Crippen LogP contribution in [0.5, 0.6) is 0 Å². The van der Waals surface area contributed by atoms with Crippen molar-refractivity contribution < 1.29 is 14.6 Å². The number of nitrogens with zero attached hydrogens (tertiary/aromatic N) is 4. The van der Waals surface area contributed by atoms with E-state index < -0.39 is 20.8 Å². The van der Waals surface area contributed by atoms with Crippen LogP contribution in [0.1, 0.15) is 6.92 Å². The Labute approximate surface area is 151 Å². The Morgan fingerprint density at radius 1 is 1.08 bits per heavy atom. The second kappa shape index (κ2) is 6.92. The molecule has 0 radical (unpaired) electrons. The lowest BCUT2D eigenvalue weighted by molar-refractivity contribution is -0.396. The Balaban J connectivity index is 1.90. The van der Waals surface area contributed by atoms with Crippen LogP contribution in [0.15, 0.2) is 58.5 Å². The summed E-state index contributed by atoms with van der Waals surface area (Å²) < 4.78 is 0. The Bertz CT molecular complexity index is 931. The van der Waals surface area contributed by atoms with Gasteiger partial charge in [-0.1, -0.05) is 30.0 Å². The van der Waals surface area contributed by atoms with E-state index in [0.717, 1.165) is 17.8 Å². The van der Waals surface area contributed by atoms with E-state index in [2.05, 4.69) is 5.10 Å². The summed E-state index contributed by atoms with van der Waals surface area (Å²) in [4.78, 5) is 33.6. The molecule has 0 aliphatic carbocycles. The minimum atomic E-state index is -0.740. The molecular weight excluding hydrogens is 360 g/mol. The third-order valence-corrected chi connectivity index (χ3v) is 5.04. The highest BCUT2D eigenvalue weighted by molar-refractivity contribution is 8.01. The lowest BCUT2D eigenvalue weighted by Crippen LogP contribution is -2.29. The lowest BCUT2D eigenvalue weighted by Gasteiger charge is -2.14. The predicted molar refractivity (Wildman–Crippen MR) is 96.4 cm³/mol. The van der Waals surface area contributed by atoms with Gasteiger partial charge in [0.05, 0.1) is 32.2 Å². The normalized spacial score (nSPS) is 16.5. The number of thioether (sulfide) groups is 1. The molecule has 2 aromatic rings. The molecule has 0 N–H and O–H groups in total. The van der Waals surface area contributed by atoms with Crippen LogP contribution in [-0.2, 0) is 4.79 Å². The Hall–Kier alpha value is -3.27. The summed E-state index contributed by atoms with van der Waals surface area (Å²) in [5.41, 5.74) is 0.299. The van der Waals surface area contributed by atoms with Gasteiger partial charge >= 0.3 is 0 Å². The highest BCUT2D eigenvalue weighted by Gasteiger charge is 2.37. The molecule has 26 heavy (non-hydrogen) atoms. The fourth-order valence-corrected chi connectivity index (χ4v) is 3.50. The molecule has 1 amide bonds. The molecule has 1 atom stereocenters. The standard InChI is InChI=1S/C16H12N4O5S/c1-10-15(16(21)18(17-10)11-5-3-2-4-6-11)26-14-8-7-12(19(22)23)9-13(14)20(24)25/h2-9,15H,1H3. The van der Waals surface area contributed by atoms with Gasteiger partial charge in [-0.15, -0.1) is 0 Å². The number of rotatable bonds is 5. The molecule has 132 valence electrons. The first-order chi connectivity index (χ1) is 12.4. The number of anilines is 1. The van der Waals surface area contributed by atoms with Gasteiger partial charge in [-0.2, -0.15) is 10.1 Å². The minimum absolute atomic E-state index is 0.170.